The highest BCUT2D eigenvalue weighted by molar-refractivity contribution is 5.56. The average molecular weight is 322 g/mol. The van der Waals surface area contributed by atoms with Crippen LogP contribution in [0.25, 0.3) is 0 Å². The summed E-state index contributed by atoms with van der Waals surface area (Å²) >= 11 is 0. The quantitative estimate of drug-likeness (QED) is 0.791. The average Bonchev–Trinajstić information content (AvgIpc) is 2.92. The van der Waals surface area contributed by atoms with Crippen LogP contribution in [0.5, 0.6) is 0 Å². The van der Waals surface area contributed by atoms with Gasteiger partial charge in [0, 0.05) is 33.4 Å². The highest BCUT2D eigenvalue weighted by atomic mass is 15.6. The Morgan fingerprint density at radius 3 is 2.38 bits per heavy atom. The lowest BCUT2D eigenvalue weighted by Gasteiger charge is -2.20. The summed E-state index contributed by atoms with van der Waals surface area (Å²) in [7, 11) is 5.90. The highest BCUT2D eigenvalue weighted by Gasteiger charge is 2.20. The van der Waals surface area contributed by atoms with Gasteiger partial charge in [0.25, 0.3) is 0 Å². The zero-order valence-corrected chi connectivity index (χ0v) is 14.2. The lowest BCUT2D eigenvalue weighted by Crippen LogP contribution is -2.32. The van der Waals surface area contributed by atoms with Crippen molar-refractivity contribution in [3.63, 3.8) is 0 Å². The van der Waals surface area contributed by atoms with Gasteiger partial charge >= 0.3 is 0 Å². The summed E-state index contributed by atoms with van der Waals surface area (Å²) in [5.74, 6) is 0. The molecule has 1 aliphatic rings. The molecule has 0 unspecified atom stereocenters. The molecule has 0 fully saturated rings. The van der Waals surface area contributed by atoms with Gasteiger partial charge in [-0.25, -0.2) is 0 Å². The number of rotatable bonds is 5. The number of nitrogens with zero attached hydrogens (tertiary/aromatic N) is 6. The minimum atomic E-state index is -0.176. The molecular weight excluding hydrogens is 300 g/mol. The fourth-order valence-corrected chi connectivity index (χ4v) is 2.54. The zero-order chi connectivity index (χ0) is 16.9. The fourth-order valence-electron chi connectivity index (χ4n) is 2.54. The SMILES string of the molecule is CN(Cc1ccccc1)c1ccc(N=N[C@H]2N(C)C=NN2C)cc1. The van der Waals surface area contributed by atoms with Gasteiger partial charge in [0.15, 0.2) is 0 Å². The van der Waals surface area contributed by atoms with Crippen LogP contribution in [0.1, 0.15) is 5.56 Å². The van der Waals surface area contributed by atoms with E-state index in [2.05, 4.69) is 63.7 Å². The van der Waals surface area contributed by atoms with Crippen LogP contribution in [-0.2, 0) is 6.54 Å². The monoisotopic (exact) mass is 322 g/mol. The van der Waals surface area contributed by atoms with Gasteiger partial charge in [0.1, 0.15) is 6.34 Å². The van der Waals surface area contributed by atoms with Crippen molar-refractivity contribution >= 4 is 17.7 Å². The smallest absolute Gasteiger partial charge is 0.233 e. The lowest BCUT2D eigenvalue weighted by atomic mass is 10.2. The van der Waals surface area contributed by atoms with Gasteiger partial charge in [0.05, 0.1) is 5.69 Å². The van der Waals surface area contributed by atoms with Crippen molar-refractivity contribution in [1.29, 1.82) is 0 Å². The maximum Gasteiger partial charge on any atom is 0.233 e. The molecule has 1 heterocycles. The molecule has 0 N–H and O–H groups in total. The van der Waals surface area contributed by atoms with Gasteiger partial charge in [-0.05, 0) is 29.8 Å². The van der Waals surface area contributed by atoms with Crippen LogP contribution in [-0.4, -0.2) is 43.7 Å². The van der Waals surface area contributed by atoms with Gasteiger partial charge in [0.2, 0.25) is 6.29 Å². The molecule has 3 rings (SSSR count). The van der Waals surface area contributed by atoms with Crippen LogP contribution in [0, 0.1) is 0 Å². The van der Waals surface area contributed by atoms with Gasteiger partial charge in [-0.3, -0.25) is 5.01 Å². The normalized spacial score (nSPS) is 17.0. The van der Waals surface area contributed by atoms with E-state index in [9.17, 15) is 0 Å². The molecule has 0 aliphatic carbocycles. The molecular formula is C18H22N6. The largest absolute Gasteiger partial charge is 0.370 e. The Hall–Kier alpha value is -2.89. The minimum Gasteiger partial charge on any atom is -0.370 e. The molecule has 6 heteroatoms. The molecule has 1 aliphatic heterocycles. The van der Waals surface area contributed by atoms with Crippen molar-refractivity contribution in [3.05, 3.63) is 60.2 Å². The third kappa shape index (κ3) is 3.71. The Kier molecular flexibility index (Phi) is 4.74. The standard InChI is InChI=1S/C18H22N6/c1-22(13-15-7-5-4-6-8-15)17-11-9-16(10-12-17)20-21-18-23(2)14-19-24(18)3/h4-12,14,18H,13H2,1-3H3/t18-/m0/s1. The number of benzene rings is 2. The third-order valence-electron chi connectivity index (χ3n) is 3.94. The van der Waals surface area contributed by atoms with Crippen LogP contribution in [0.2, 0.25) is 0 Å². The van der Waals surface area contributed by atoms with E-state index in [-0.39, 0.29) is 6.29 Å². The number of azo groups is 1. The second-order valence-corrected chi connectivity index (χ2v) is 5.89. The predicted molar refractivity (Wildman–Crippen MR) is 97.3 cm³/mol. The summed E-state index contributed by atoms with van der Waals surface area (Å²) in [6, 6.07) is 18.5. The van der Waals surface area contributed by atoms with Crippen LogP contribution >= 0.6 is 0 Å². The van der Waals surface area contributed by atoms with Crippen molar-refractivity contribution in [2.75, 3.05) is 26.0 Å². The molecule has 2 aromatic rings. The van der Waals surface area contributed by atoms with Crippen molar-refractivity contribution in [1.82, 2.24) is 9.91 Å². The maximum absolute atomic E-state index is 4.34. The summed E-state index contributed by atoms with van der Waals surface area (Å²) in [6.45, 7) is 0.872. The van der Waals surface area contributed by atoms with E-state index >= 15 is 0 Å². The molecule has 0 aromatic heterocycles. The minimum absolute atomic E-state index is 0.176. The zero-order valence-electron chi connectivity index (χ0n) is 14.2. The van der Waals surface area contributed by atoms with Crippen LogP contribution < -0.4 is 4.90 Å². The van der Waals surface area contributed by atoms with Crippen molar-refractivity contribution in [2.24, 2.45) is 15.3 Å². The summed E-state index contributed by atoms with van der Waals surface area (Å²) < 4.78 is 0. The van der Waals surface area contributed by atoms with E-state index in [4.69, 9.17) is 0 Å². The van der Waals surface area contributed by atoms with E-state index in [0.717, 1.165) is 17.9 Å². The lowest BCUT2D eigenvalue weighted by molar-refractivity contribution is 0.183. The Balaban J connectivity index is 1.63. The first-order valence-electron chi connectivity index (χ1n) is 7.88. The topological polar surface area (TPSA) is 46.8 Å². The molecule has 0 amide bonds. The molecule has 1 atom stereocenters. The molecule has 0 saturated heterocycles. The molecule has 2 aromatic carbocycles. The number of anilines is 1. The van der Waals surface area contributed by atoms with E-state index in [0.29, 0.717) is 0 Å². The van der Waals surface area contributed by atoms with E-state index in [1.54, 1.807) is 11.3 Å². The Bertz CT molecular complexity index is 698. The second-order valence-electron chi connectivity index (χ2n) is 5.89. The maximum atomic E-state index is 4.34. The molecule has 0 bridgehead atoms. The summed E-state index contributed by atoms with van der Waals surface area (Å²) in [6.07, 6.45) is 1.57. The van der Waals surface area contributed by atoms with Gasteiger partial charge in [-0.2, -0.15) is 10.2 Å². The van der Waals surface area contributed by atoms with Crippen molar-refractivity contribution in [2.45, 2.75) is 12.8 Å². The predicted octanol–water partition coefficient (Wildman–Crippen LogP) is 3.51. The molecule has 0 spiro atoms. The van der Waals surface area contributed by atoms with Crippen LogP contribution in [0.15, 0.2) is 69.9 Å². The molecule has 0 radical (unpaired) electrons. The number of hydrogen-bond donors (Lipinski definition) is 0. The first-order valence-corrected chi connectivity index (χ1v) is 7.88. The molecule has 124 valence electrons. The third-order valence-corrected chi connectivity index (χ3v) is 3.94. The molecule has 0 saturated carbocycles. The van der Waals surface area contributed by atoms with E-state index in [1.165, 1.54) is 5.56 Å². The first kappa shape index (κ1) is 16.0. The fraction of sp³-hybridized carbons (Fsp3) is 0.278. The molecule has 6 nitrogen and oxygen atoms in total. The number of hydrazone groups is 1. The van der Waals surface area contributed by atoms with Gasteiger partial charge < -0.3 is 9.80 Å². The van der Waals surface area contributed by atoms with Crippen molar-refractivity contribution in [3.8, 4) is 0 Å². The van der Waals surface area contributed by atoms with Crippen LogP contribution in [0.3, 0.4) is 0 Å². The second kappa shape index (κ2) is 7.12. The number of hydrogen-bond acceptors (Lipinski definition) is 6. The van der Waals surface area contributed by atoms with E-state index in [1.807, 2.05) is 37.2 Å². The Morgan fingerprint density at radius 1 is 1.04 bits per heavy atom. The van der Waals surface area contributed by atoms with E-state index < -0.39 is 0 Å². The summed E-state index contributed by atoms with van der Waals surface area (Å²) in [5.41, 5.74) is 3.27. The summed E-state index contributed by atoms with van der Waals surface area (Å²) in [5, 5.41) is 14.6. The van der Waals surface area contributed by atoms with Crippen LogP contribution in [0.4, 0.5) is 11.4 Å². The molecule has 24 heavy (non-hydrogen) atoms. The first-order chi connectivity index (χ1) is 11.6. The van der Waals surface area contributed by atoms with Gasteiger partial charge in [-0.15, -0.1) is 5.11 Å². The summed E-state index contributed by atoms with van der Waals surface area (Å²) in [4.78, 5) is 4.12. The Labute approximate surface area is 142 Å². The van der Waals surface area contributed by atoms with Crippen molar-refractivity contribution < 1.29 is 0 Å². The van der Waals surface area contributed by atoms with Gasteiger partial charge in [-0.1, -0.05) is 30.3 Å². The highest BCUT2D eigenvalue weighted by Crippen LogP contribution is 2.21. The Morgan fingerprint density at radius 2 is 1.75 bits per heavy atom.